The molecule has 40 heavy (non-hydrogen) atoms. The average Bonchev–Trinajstić information content (AvgIpc) is 2.86. The summed E-state index contributed by atoms with van der Waals surface area (Å²) in [4.78, 5) is 0. The van der Waals surface area contributed by atoms with E-state index in [1.54, 1.807) is 0 Å². The van der Waals surface area contributed by atoms with Crippen LogP contribution in [0, 0.1) is 0 Å². The van der Waals surface area contributed by atoms with Crippen molar-refractivity contribution in [3.8, 4) is 0 Å². The fourth-order valence-corrected chi connectivity index (χ4v) is 9.89. The molecule has 0 radical (unpaired) electrons. The molecule has 2 aromatic carbocycles. The van der Waals surface area contributed by atoms with Crippen molar-refractivity contribution < 1.29 is 13.4 Å². The maximum absolute atomic E-state index is 14.8. The van der Waals surface area contributed by atoms with Crippen molar-refractivity contribution in [3.63, 3.8) is 0 Å². The molecule has 1 saturated carbocycles. The van der Waals surface area contributed by atoms with Gasteiger partial charge in [-0.15, -0.1) is 0 Å². The predicted octanol–water partition coefficient (Wildman–Crippen LogP) is 9.45. The third-order valence-electron chi connectivity index (χ3n) is 9.44. The van der Waals surface area contributed by atoms with Crippen molar-refractivity contribution in [2.45, 2.75) is 110 Å². The summed E-state index contributed by atoms with van der Waals surface area (Å²) in [5.41, 5.74) is 2.58. The first kappa shape index (κ1) is 33.0. The van der Waals surface area contributed by atoms with Crippen molar-refractivity contribution in [2.75, 3.05) is 6.16 Å². The van der Waals surface area contributed by atoms with E-state index >= 15 is 0 Å². The molecule has 3 nitrogen and oxygen atoms in total. The fraction of sp³-hybridized carbons (Fsp3) is 0.529. The quantitative estimate of drug-likeness (QED) is 0.173. The minimum absolute atomic E-state index is 0.0199. The Hall–Kier alpha value is -1.50. The van der Waals surface area contributed by atoms with Crippen molar-refractivity contribution in [2.24, 2.45) is 0 Å². The zero-order chi connectivity index (χ0) is 30.0. The summed E-state index contributed by atoms with van der Waals surface area (Å²) in [6, 6.07) is 20.0. The normalized spacial score (nSPS) is 19.5. The van der Waals surface area contributed by atoms with Crippen LogP contribution in [0.15, 0.2) is 84.0 Å². The summed E-state index contributed by atoms with van der Waals surface area (Å²) in [7, 11) is -6.92. The molecule has 0 aromatic heterocycles. The van der Waals surface area contributed by atoms with Crippen LogP contribution in [-0.4, -0.2) is 35.0 Å². The van der Waals surface area contributed by atoms with E-state index in [0.29, 0.717) is 6.16 Å². The van der Waals surface area contributed by atoms with Gasteiger partial charge in [0.15, 0.2) is 16.6 Å². The highest BCUT2D eigenvalue weighted by atomic mass is 31.2. The molecule has 0 unspecified atom stereocenters. The number of hydrogen-bond acceptors (Lipinski definition) is 3. The minimum Gasteiger partial charge on any atom is -0.410 e. The summed E-state index contributed by atoms with van der Waals surface area (Å²) in [6.07, 6.45) is 6.62. The molecule has 0 bridgehead atoms. The second kappa shape index (κ2) is 12.4. The zero-order valence-corrected chi connectivity index (χ0v) is 29.8. The van der Waals surface area contributed by atoms with Crippen LogP contribution < -0.4 is 10.6 Å². The molecule has 0 heterocycles. The maximum atomic E-state index is 14.8. The summed E-state index contributed by atoms with van der Waals surface area (Å²) in [5.74, 6) is 0. The van der Waals surface area contributed by atoms with E-state index in [1.165, 1.54) is 11.1 Å². The molecule has 1 fully saturated rings. The van der Waals surface area contributed by atoms with Gasteiger partial charge in [-0.1, -0.05) is 120 Å². The van der Waals surface area contributed by atoms with Crippen LogP contribution in [0.3, 0.4) is 0 Å². The largest absolute Gasteiger partial charge is 0.410 e. The van der Waals surface area contributed by atoms with Crippen LogP contribution in [0.4, 0.5) is 0 Å². The lowest BCUT2D eigenvalue weighted by Gasteiger charge is -2.46. The number of rotatable bonds is 8. The molecule has 1 aliphatic rings. The van der Waals surface area contributed by atoms with Crippen LogP contribution in [-0.2, 0) is 13.4 Å². The monoisotopic (exact) mass is 596 g/mol. The van der Waals surface area contributed by atoms with Gasteiger partial charge in [-0.25, -0.2) is 0 Å². The first-order chi connectivity index (χ1) is 18.4. The standard InChI is InChI=1S/C34H53O3PSi2/c1-12-30-31(36-39(8,9)33(2,3)4)25-27(26-32(30)37-40(10,11)34(5,6)7)23-24-38(35,28-19-15-13-16-20-28)29-21-17-14-18-22-29/h12-23,31-32H,24-26H2,1-11H3/t31-,32-/m1/s1. The molecule has 0 amide bonds. The second-order valence-electron chi connectivity index (χ2n) is 14.4. The van der Waals surface area contributed by atoms with E-state index in [1.807, 2.05) is 60.7 Å². The van der Waals surface area contributed by atoms with Crippen molar-refractivity contribution in [3.05, 3.63) is 84.0 Å². The summed E-state index contributed by atoms with van der Waals surface area (Å²) >= 11 is 0. The predicted molar refractivity (Wildman–Crippen MR) is 180 cm³/mol. The molecule has 0 aliphatic heterocycles. The average molecular weight is 597 g/mol. The first-order valence-electron chi connectivity index (χ1n) is 14.8. The highest BCUT2D eigenvalue weighted by Gasteiger charge is 2.45. The Morgan fingerprint density at radius 3 is 1.45 bits per heavy atom. The van der Waals surface area contributed by atoms with Gasteiger partial charge in [0.2, 0.25) is 0 Å². The van der Waals surface area contributed by atoms with E-state index in [4.69, 9.17) is 8.85 Å². The Bertz CT molecular complexity index is 1150. The molecule has 2 atom stereocenters. The number of benzene rings is 2. The Morgan fingerprint density at radius 2 is 1.12 bits per heavy atom. The van der Waals surface area contributed by atoms with Gasteiger partial charge in [0, 0.05) is 16.8 Å². The highest BCUT2D eigenvalue weighted by molar-refractivity contribution is 7.78. The van der Waals surface area contributed by atoms with Gasteiger partial charge in [0.05, 0.1) is 12.2 Å². The Kier molecular flexibility index (Phi) is 10.2. The minimum atomic E-state index is -2.84. The van der Waals surface area contributed by atoms with Gasteiger partial charge < -0.3 is 13.4 Å². The molecule has 3 rings (SSSR count). The first-order valence-corrected chi connectivity index (χ1v) is 22.5. The Morgan fingerprint density at radius 1 is 0.750 bits per heavy atom. The molecular weight excluding hydrogens is 544 g/mol. The van der Waals surface area contributed by atoms with Crippen molar-refractivity contribution in [1.29, 1.82) is 0 Å². The molecule has 2 aromatic rings. The van der Waals surface area contributed by atoms with Gasteiger partial charge in [-0.2, -0.15) is 0 Å². The molecule has 220 valence electrons. The lowest BCUT2D eigenvalue weighted by Crippen LogP contribution is -2.50. The van der Waals surface area contributed by atoms with Crippen LogP contribution in [0.25, 0.3) is 0 Å². The van der Waals surface area contributed by atoms with E-state index in [2.05, 4.69) is 86.8 Å². The lowest BCUT2D eigenvalue weighted by atomic mass is 9.85. The van der Waals surface area contributed by atoms with E-state index in [0.717, 1.165) is 23.5 Å². The van der Waals surface area contributed by atoms with Crippen molar-refractivity contribution in [1.82, 2.24) is 0 Å². The molecule has 6 heteroatoms. The third kappa shape index (κ3) is 7.47. The van der Waals surface area contributed by atoms with Crippen LogP contribution in [0.1, 0.15) is 61.3 Å². The topological polar surface area (TPSA) is 35.5 Å². The fourth-order valence-electron chi connectivity index (χ4n) is 4.78. The highest BCUT2D eigenvalue weighted by Crippen LogP contribution is 2.47. The third-order valence-corrected chi connectivity index (χ3v) is 21.4. The van der Waals surface area contributed by atoms with Crippen LogP contribution in [0.2, 0.25) is 36.3 Å². The van der Waals surface area contributed by atoms with Gasteiger partial charge in [-0.05, 0) is 61.6 Å². The second-order valence-corrected chi connectivity index (χ2v) is 26.8. The molecule has 0 spiro atoms. The van der Waals surface area contributed by atoms with E-state index in [9.17, 15) is 4.57 Å². The molecular formula is C34H53O3PSi2. The van der Waals surface area contributed by atoms with Gasteiger partial charge in [0.25, 0.3) is 0 Å². The smallest absolute Gasteiger partial charge is 0.192 e. The zero-order valence-electron chi connectivity index (χ0n) is 26.9. The number of allylic oxidation sites excluding steroid dienone is 2. The molecule has 0 saturated heterocycles. The van der Waals surface area contributed by atoms with E-state index < -0.39 is 23.8 Å². The molecule has 0 N–H and O–H groups in total. The van der Waals surface area contributed by atoms with Crippen molar-refractivity contribution >= 4 is 34.4 Å². The summed E-state index contributed by atoms with van der Waals surface area (Å²) in [5, 5.41) is 2.04. The van der Waals surface area contributed by atoms with Gasteiger partial charge >= 0.3 is 0 Å². The Labute approximate surface area is 247 Å². The van der Waals surface area contributed by atoms with Gasteiger partial charge in [-0.3, -0.25) is 0 Å². The number of hydrogen-bond donors (Lipinski definition) is 0. The van der Waals surface area contributed by atoms with Crippen LogP contribution >= 0.6 is 7.14 Å². The van der Waals surface area contributed by atoms with Gasteiger partial charge in [0.1, 0.15) is 7.14 Å². The molecule has 1 aliphatic carbocycles. The maximum Gasteiger partial charge on any atom is 0.192 e. The Balaban J connectivity index is 2.05. The van der Waals surface area contributed by atoms with Crippen LogP contribution in [0.5, 0.6) is 0 Å². The summed E-state index contributed by atoms with van der Waals surface area (Å²) in [6.45, 7) is 25.3. The van der Waals surface area contributed by atoms with E-state index in [-0.39, 0.29) is 22.3 Å². The summed E-state index contributed by atoms with van der Waals surface area (Å²) < 4.78 is 29.0. The SMILES string of the molecule is CC=C1[C@H](O[Si](C)(C)C(C)(C)C)CC(=CCP(=O)(c2ccccc2)c2ccccc2)C[C@H]1O[Si](C)(C)C(C)(C)C. The lowest BCUT2D eigenvalue weighted by molar-refractivity contribution is 0.131.